The minimum Gasteiger partial charge on any atom is -0.497 e. The number of carbonyl (C=O) groups excluding carboxylic acids is 1. The summed E-state index contributed by atoms with van der Waals surface area (Å²) in [4.78, 5) is 12.6. The minimum absolute atomic E-state index is 0. The van der Waals surface area contributed by atoms with E-state index in [0.29, 0.717) is 18.0 Å². The third kappa shape index (κ3) is 6.89. The van der Waals surface area contributed by atoms with Crippen molar-refractivity contribution < 1.29 is 9.53 Å². The number of halogens is 2. The zero-order valence-corrected chi connectivity index (χ0v) is 17.7. The monoisotopic (exact) mass is 425 g/mol. The normalized spacial score (nSPS) is 15.5. The van der Waals surface area contributed by atoms with Crippen molar-refractivity contribution in [3.63, 3.8) is 0 Å². The summed E-state index contributed by atoms with van der Waals surface area (Å²) in [7, 11) is 1.64. The molecule has 0 bridgehead atoms. The molecular formula is C21H29Cl2N3O2. The molecule has 154 valence electrons. The molecule has 0 saturated carbocycles. The summed E-state index contributed by atoms with van der Waals surface area (Å²) in [5.41, 5.74) is 2.33. The van der Waals surface area contributed by atoms with Gasteiger partial charge in [0.1, 0.15) is 5.75 Å². The first kappa shape index (κ1) is 24.1. The molecular weight excluding hydrogens is 397 g/mol. The average molecular weight is 426 g/mol. The van der Waals surface area contributed by atoms with Crippen LogP contribution < -0.4 is 20.7 Å². The van der Waals surface area contributed by atoms with Gasteiger partial charge in [-0.1, -0.05) is 18.2 Å². The topological polar surface area (TPSA) is 62.4 Å². The van der Waals surface area contributed by atoms with Crippen LogP contribution in [0, 0.1) is 5.92 Å². The zero-order chi connectivity index (χ0) is 18.2. The van der Waals surface area contributed by atoms with Crippen LogP contribution >= 0.6 is 24.8 Å². The van der Waals surface area contributed by atoms with E-state index >= 15 is 0 Å². The molecule has 1 aliphatic heterocycles. The van der Waals surface area contributed by atoms with E-state index in [9.17, 15) is 4.79 Å². The Hall–Kier alpha value is -1.95. The lowest BCUT2D eigenvalue weighted by Crippen LogP contribution is -2.33. The number of hydrogen-bond donors (Lipinski definition) is 3. The maximum atomic E-state index is 12.6. The Morgan fingerprint density at radius 1 is 1.18 bits per heavy atom. The van der Waals surface area contributed by atoms with Gasteiger partial charge >= 0.3 is 0 Å². The summed E-state index contributed by atoms with van der Waals surface area (Å²) >= 11 is 0. The fourth-order valence-corrected chi connectivity index (χ4v) is 3.30. The minimum atomic E-state index is -0.0419. The van der Waals surface area contributed by atoms with E-state index in [-0.39, 0.29) is 30.7 Å². The van der Waals surface area contributed by atoms with Gasteiger partial charge in [-0.3, -0.25) is 4.79 Å². The first-order valence-corrected chi connectivity index (χ1v) is 9.25. The van der Waals surface area contributed by atoms with Crippen molar-refractivity contribution >= 4 is 42.1 Å². The van der Waals surface area contributed by atoms with Gasteiger partial charge in [0.2, 0.25) is 0 Å². The molecule has 1 atom stereocenters. The SMILES string of the molecule is COc1cccc(Nc2ccccc2C(=O)NCCC2CCCNC2)c1.Cl.Cl. The van der Waals surface area contributed by atoms with Crippen LogP contribution in [-0.2, 0) is 0 Å². The molecule has 1 fully saturated rings. The lowest BCUT2D eigenvalue weighted by molar-refractivity contribution is 0.0951. The second-order valence-electron chi connectivity index (χ2n) is 6.66. The van der Waals surface area contributed by atoms with Crippen LogP contribution in [0.1, 0.15) is 29.6 Å². The first-order chi connectivity index (χ1) is 12.8. The predicted molar refractivity (Wildman–Crippen MR) is 120 cm³/mol. The van der Waals surface area contributed by atoms with Crippen LogP contribution in [0.15, 0.2) is 48.5 Å². The van der Waals surface area contributed by atoms with Crippen LogP contribution in [0.4, 0.5) is 11.4 Å². The van der Waals surface area contributed by atoms with E-state index in [1.807, 2.05) is 48.5 Å². The number of hydrogen-bond acceptors (Lipinski definition) is 4. The summed E-state index contributed by atoms with van der Waals surface area (Å²) in [5, 5.41) is 9.80. The Morgan fingerprint density at radius 3 is 2.75 bits per heavy atom. The van der Waals surface area contributed by atoms with Crippen molar-refractivity contribution in [1.82, 2.24) is 10.6 Å². The third-order valence-electron chi connectivity index (χ3n) is 4.76. The van der Waals surface area contributed by atoms with Crippen molar-refractivity contribution in [2.45, 2.75) is 19.3 Å². The lowest BCUT2D eigenvalue weighted by atomic mass is 9.96. The molecule has 2 aromatic carbocycles. The predicted octanol–water partition coefficient (Wildman–Crippen LogP) is 4.40. The van der Waals surface area contributed by atoms with Crippen LogP contribution in [0.25, 0.3) is 0 Å². The van der Waals surface area contributed by atoms with Crippen LogP contribution in [0.5, 0.6) is 5.75 Å². The van der Waals surface area contributed by atoms with Crippen molar-refractivity contribution in [1.29, 1.82) is 0 Å². The first-order valence-electron chi connectivity index (χ1n) is 9.25. The number of ether oxygens (including phenoxy) is 1. The number of nitrogens with one attached hydrogen (secondary N) is 3. The van der Waals surface area contributed by atoms with Crippen molar-refractivity contribution in [2.75, 3.05) is 32.1 Å². The number of methoxy groups -OCH3 is 1. The van der Waals surface area contributed by atoms with Crippen LogP contribution in [0.2, 0.25) is 0 Å². The van der Waals surface area contributed by atoms with Crippen LogP contribution in [0.3, 0.4) is 0 Å². The van der Waals surface area contributed by atoms with Gasteiger partial charge in [-0.05, 0) is 62.5 Å². The molecule has 0 spiro atoms. The highest BCUT2D eigenvalue weighted by Gasteiger charge is 2.15. The highest BCUT2D eigenvalue weighted by molar-refractivity contribution is 6.00. The smallest absolute Gasteiger partial charge is 0.253 e. The second-order valence-corrected chi connectivity index (χ2v) is 6.66. The second kappa shape index (κ2) is 12.5. The van der Waals surface area contributed by atoms with Gasteiger partial charge < -0.3 is 20.7 Å². The van der Waals surface area contributed by atoms with Gasteiger partial charge in [0, 0.05) is 18.3 Å². The van der Waals surface area contributed by atoms with Crippen molar-refractivity contribution in [3.05, 3.63) is 54.1 Å². The molecule has 1 saturated heterocycles. The molecule has 7 heteroatoms. The fourth-order valence-electron chi connectivity index (χ4n) is 3.30. The molecule has 3 rings (SSSR count). The fraction of sp³-hybridized carbons (Fsp3) is 0.381. The number of carbonyl (C=O) groups is 1. The number of para-hydroxylation sites is 1. The molecule has 1 aliphatic rings. The summed E-state index contributed by atoms with van der Waals surface area (Å²) in [5.74, 6) is 1.40. The maximum absolute atomic E-state index is 12.6. The number of piperidine rings is 1. The van der Waals surface area contributed by atoms with Gasteiger partial charge in [0.05, 0.1) is 18.4 Å². The highest BCUT2D eigenvalue weighted by Crippen LogP contribution is 2.24. The van der Waals surface area contributed by atoms with Gasteiger partial charge in [-0.25, -0.2) is 0 Å². The quantitative estimate of drug-likeness (QED) is 0.614. The number of amides is 1. The van der Waals surface area contributed by atoms with E-state index in [1.54, 1.807) is 7.11 Å². The number of benzene rings is 2. The Morgan fingerprint density at radius 2 is 2.00 bits per heavy atom. The van der Waals surface area contributed by atoms with Gasteiger partial charge in [-0.15, -0.1) is 24.8 Å². The third-order valence-corrected chi connectivity index (χ3v) is 4.76. The van der Waals surface area contributed by atoms with E-state index in [4.69, 9.17) is 4.74 Å². The Balaban J connectivity index is 0.00000196. The molecule has 2 aromatic rings. The van der Waals surface area contributed by atoms with Gasteiger partial charge in [-0.2, -0.15) is 0 Å². The molecule has 1 amide bonds. The van der Waals surface area contributed by atoms with E-state index < -0.39 is 0 Å². The molecule has 1 unspecified atom stereocenters. The molecule has 28 heavy (non-hydrogen) atoms. The Bertz CT molecular complexity index is 737. The molecule has 3 N–H and O–H groups in total. The average Bonchev–Trinajstić information content (AvgIpc) is 2.69. The highest BCUT2D eigenvalue weighted by atomic mass is 35.5. The summed E-state index contributed by atoms with van der Waals surface area (Å²) in [6.07, 6.45) is 3.49. The van der Waals surface area contributed by atoms with Gasteiger partial charge in [0.15, 0.2) is 0 Å². The standard InChI is InChI=1S/C21H27N3O2.2ClH/c1-26-18-8-4-7-17(14-18)24-20-10-3-2-9-19(20)21(25)23-13-11-16-6-5-12-22-15-16;;/h2-4,7-10,14,16,22,24H,5-6,11-13,15H2,1H3,(H,23,25);2*1H. The van der Waals surface area contributed by atoms with Crippen LogP contribution in [-0.4, -0.2) is 32.7 Å². The Labute approximate surface area is 179 Å². The maximum Gasteiger partial charge on any atom is 0.253 e. The zero-order valence-electron chi connectivity index (χ0n) is 16.1. The summed E-state index contributed by atoms with van der Waals surface area (Å²) < 4.78 is 5.26. The van der Waals surface area contributed by atoms with Crippen molar-refractivity contribution in [3.8, 4) is 5.75 Å². The molecule has 5 nitrogen and oxygen atoms in total. The number of anilines is 2. The summed E-state index contributed by atoms with van der Waals surface area (Å²) in [6.45, 7) is 2.88. The van der Waals surface area contributed by atoms with Crippen molar-refractivity contribution in [2.24, 2.45) is 5.92 Å². The van der Waals surface area contributed by atoms with E-state index in [2.05, 4.69) is 16.0 Å². The molecule has 0 aliphatic carbocycles. The van der Waals surface area contributed by atoms with Gasteiger partial charge in [0.25, 0.3) is 5.91 Å². The van der Waals surface area contributed by atoms with E-state index in [1.165, 1.54) is 12.8 Å². The molecule has 1 heterocycles. The largest absolute Gasteiger partial charge is 0.497 e. The summed E-state index contributed by atoms with van der Waals surface area (Å²) in [6, 6.07) is 15.2. The number of rotatable bonds is 7. The molecule has 0 aromatic heterocycles. The molecule has 0 radical (unpaired) electrons. The Kier molecular flexibility index (Phi) is 10.8. The van der Waals surface area contributed by atoms with E-state index in [0.717, 1.165) is 36.6 Å². The lowest BCUT2D eigenvalue weighted by Gasteiger charge is -2.22.